The minimum atomic E-state index is -2.26. The molecule has 0 spiro atoms. The summed E-state index contributed by atoms with van der Waals surface area (Å²) in [7, 11) is 2.10. The molecule has 22 heavy (non-hydrogen) atoms. The van der Waals surface area contributed by atoms with Gasteiger partial charge < -0.3 is 14.2 Å². The van der Waals surface area contributed by atoms with E-state index in [1.54, 1.807) is 42.5 Å². The number of hydrogen-bond acceptors (Lipinski definition) is 5. The Morgan fingerprint density at radius 2 is 1.45 bits per heavy atom. The van der Waals surface area contributed by atoms with Gasteiger partial charge in [-0.25, -0.2) is 4.79 Å². The number of rotatable bonds is 6. The normalized spacial score (nSPS) is 10.8. The van der Waals surface area contributed by atoms with Crippen LogP contribution in [0.5, 0.6) is 17.2 Å². The molecule has 5 nitrogen and oxygen atoms in total. The highest BCUT2D eigenvalue weighted by atomic mass is 31.1. The van der Waals surface area contributed by atoms with Crippen LogP contribution < -0.4 is 19.5 Å². The quantitative estimate of drug-likeness (QED) is 0.766. The summed E-state index contributed by atoms with van der Waals surface area (Å²) in [5.74, 6) is 1.01. The summed E-state index contributed by atoms with van der Waals surface area (Å²) in [6.45, 7) is 0. The van der Waals surface area contributed by atoms with Crippen LogP contribution >= 0.6 is 7.80 Å². The number of ether oxygens (including phenoxy) is 3. The van der Waals surface area contributed by atoms with E-state index in [9.17, 15) is 9.36 Å². The van der Waals surface area contributed by atoms with Crippen molar-refractivity contribution in [1.82, 2.24) is 0 Å². The van der Waals surface area contributed by atoms with Gasteiger partial charge in [-0.05, 0) is 12.1 Å². The summed E-state index contributed by atoms with van der Waals surface area (Å²) in [5.41, 5.74) is -0.395. The molecule has 0 radical (unpaired) electrons. The molecule has 0 saturated heterocycles. The lowest BCUT2D eigenvalue weighted by atomic mass is 10.2. The molecule has 0 amide bonds. The number of carbonyl (C=O) groups excluding carboxylic acids is 1. The van der Waals surface area contributed by atoms with Crippen molar-refractivity contribution in [1.29, 1.82) is 0 Å². The van der Waals surface area contributed by atoms with E-state index in [2.05, 4.69) is 0 Å². The SMILES string of the molecule is COc1cc(OC)c(C(=O)[P+](=O)c2ccccc2)c(OC)c1. The molecule has 0 fully saturated rings. The first-order chi connectivity index (χ1) is 10.6. The molecule has 114 valence electrons. The van der Waals surface area contributed by atoms with Crippen LogP contribution in [0.4, 0.5) is 0 Å². The van der Waals surface area contributed by atoms with Crippen molar-refractivity contribution >= 4 is 18.6 Å². The van der Waals surface area contributed by atoms with Gasteiger partial charge in [0.15, 0.2) is 10.9 Å². The molecular weight excluding hydrogens is 303 g/mol. The van der Waals surface area contributed by atoms with E-state index in [-0.39, 0.29) is 17.1 Å². The van der Waals surface area contributed by atoms with E-state index < -0.39 is 13.3 Å². The zero-order valence-electron chi connectivity index (χ0n) is 12.5. The van der Waals surface area contributed by atoms with Crippen molar-refractivity contribution in [3.63, 3.8) is 0 Å². The van der Waals surface area contributed by atoms with Crippen LogP contribution in [0, 0.1) is 0 Å². The lowest BCUT2D eigenvalue weighted by Gasteiger charge is -2.11. The molecule has 0 aliphatic carbocycles. The fourth-order valence-electron chi connectivity index (χ4n) is 2.00. The molecule has 0 saturated carbocycles. The van der Waals surface area contributed by atoms with Crippen LogP contribution in [-0.2, 0) is 4.57 Å². The summed E-state index contributed by atoms with van der Waals surface area (Å²) in [4.78, 5) is 12.6. The molecule has 0 aliphatic rings. The maximum absolute atomic E-state index is 12.6. The van der Waals surface area contributed by atoms with Crippen molar-refractivity contribution in [2.45, 2.75) is 0 Å². The molecule has 0 aromatic heterocycles. The maximum Gasteiger partial charge on any atom is 0.458 e. The highest BCUT2D eigenvalue weighted by Crippen LogP contribution is 2.39. The zero-order chi connectivity index (χ0) is 16.1. The van der Waals surface area contributed by atoms with Crippen LogP contribution in [0.25, 0.3) is 0 Å². The second-order valence-corrected chi connectivity index (χ2v) is 5.85. The largest absolute Gasteiger partial charge is 0.496 e. The average Bonchev–Trinajstić information content (AvgIpc) is 2.59. The summed E-state index contributed by atoms with van der Waals surface area (Å²) in [6.07, 6.45) is 0. The van der Waals surface area contributed by atoms with Gasteiger partial charge in [0, 0.05) is 12.1 Å². The van der Waals surface area contributed by atoms with Gasteiger partial charge in [0.05, 0.1) is 21.3 Å². The Hall–Kier alpha value is -2.39. The third kappa shape index (κ3) is 3.10. The van der Waals surface area contributed by atoms with Gasteiger partial charge in [-0.15, -0.1) is 0 Å². The van der Waals surface area contributed by atoms with Crippen LogP contribution in [0.2, 0.25) is 0 Å². The number of benzene rings is 2. The monoisotopic (exact) mass is 319 g/mol. The summed E-state index contributed by atoms with van der Waals surface area (Å²) < 4.78 is 28.1. The lowest BCUT2D eigenvalue weighted by Crippen LogP contribution is -2.07. The smallest absolute Gasteiger partial charge is 0.458 e. The molecule has 0 N–H and O–H groups in total. The summed E-state index contributed by atoms with van der Waals surface area (Å²) in [6, 6.07) is 11.7. The van der Waals surface area contributed by atoms with Crippen molar-refractivity contribution in [2.75, 3.05) is 21.3 Å². The van der Waals surface area contributed by atoms with E-state index >= 15 is 0 Å². The third-order valence-corrected chi connectivity index (χ3v) is 4.46. The molecule has 0 heterocycles. The van der Waals surface area contributed by atoms with Gasteiger partial charge in [0.1, 0.15) is 17.2 Å². The molecule has 0 aliphatic heterocycles. The van der Waals surface area contributed by atoms with Crippen LogP contribution in [0.1, 0.15) is 10.4 Å². The van der Waals surface area contributed by atoms with Gasteiger partial charge in [-0.1, -0.05) is 22.8 Å². The Kier molecular flexibility index (Phi) is 5.12. The van der Waals surface area contributed by atoms with Gasteiger partial charge in [0.2, 0.25) is 0 Å². The number of hydrogen-bond donors (Lipinski definition) is 0. The number of carbonyl (C=O) groups is 1. The topological polar surface area (TPSA) is 61.8 Å². The van der Waals surface area contributed by atoms with Crippen LogP contribution in [0.15, 0.2) is 42.5 Å². The van der Waals surface area contributed by atoms with Crippen molar-refractivity contribution in [2.24, 2.45) is 0 Å². The third-order valence-electron chi connectivity index (χ3n) is 3.10. The molecule has 1 unspecified atom stereocenters. The predicted octanol–water partition coefficient (Wildman–Crippen LogP) is 3.01. The van der Waals surface area contributed by atoms with Gasteiger partial charge in [-0.3, -0.25) is 0 Å². The average molecular weight is 319 g/mol. The zero-order valence-corrected chi connectivity index (χ0v) is 13.4. The summed E-state index contributed by atoms with van der Waals surface area (Å²) in [5, 5.41) is 0.461. The van der Waals surface area contributed by atoms with Crippen LogP contribution in [0.3, 0.4) is 0 Å². The molecule has 2 rings (SSSR count). The van der Waals surface area contributed by atoms with Gasteiger partial charge in [-0.2, -0.15) is 0 Å². The van der Waals surface area contributed by atoms with Crippen molar-refractivity contribution in [3.05, 3.63) is 48.0 Å². The first-order valence-electron chi connectivity index (χ1n) is 6.49. The Morgan fingerprint density at radius 1 is 0.909 bits per heavy atom. The van der Waals surface area contributed by atoms with E-state index in [0.29, 0.717) is 11.1 Å². The van der Waals surface area contributed by atoms with E-state index in [4.69, 9.17) is 14.2 Å². The molecule has 0 bridgehead atoms. The highest BCUT2D eigenvalue weighted by molar-refractivity contribution is 7.71. The lowest BCUT2D eigenvalue weighted by molar-refractivity contribution is 0.107. The fraction of sp³-hybridized carbons (Fsp3) is 0.188. The maximum atomic E-state index is 12.6. The van der Waals surface area contributed by atoms with Gasteiger partial charge >= 0.3 is 13.3 Å². The van der Waals surface area contributed by atoms with E-state index in [1.807, 2.05) is 0 Å². The van der Waals surface area contributed by atoms with Gasteiger partial charge in [0.25, 0.3) is 0 Å². The van der Waals surface area contributed by atoms with Crippen molar-refractivity contribution in [3.8, 4) is 17.2 Å². The predicted molar refractivity (Wildman–Crippen MR) is 84.1 cm³/mol. The molecule has 6 heteroatoms. The van der Waals surface area contributed by atoms with E-state index in [1.165, 1.54) is 21.3 Å². The Bertz CT molecular complexity index is 672. The second kappa shape index (κ2) is 7.05. The van der Waals surface area contributed by atoms with Crippen molar-refractivity contribution < 1.29 is 23.6 Å². The Morgan fingerprint density at radius 3 is 1.91 bits per heavy atom. The highest BCUT2D eigenvalue weighted by Gasteiger charge is 2.37. The first kappa shape index (κ1) is 16.0. The molecule has 2 aromatic carbocycles. The molecule has 2 aromatic rings. The van der Waals surface area contributed by atoms with Crippen LogP contribution in [-0.4, -0.2) is 26.9 Å². The number of methoxy groups -OCH3 is 3. The second-order valence-electron chi connectivity index (χ2n) is 4.34. The summed E-state index contributed by atoms with van der Waals surface area (Å²) >= 11 is 0. The Balaban J connectivity index is 2.51. The minimum Gasteiger partial charge on any atom is -0.496 e. The minimum absolute atomic E-state index is 0.149. The standard InChI is InChI=1S/C16H16O5P/c1-19-11-9-13(20-2)15(14(10-11)21-3)16(17)22(18)12-7-5-4-6-8-12/h4-10H,1-3H3/q+1. The molecule has 1 atom stereocenters. The fourth-order valence-corrected chi connectivity index (χ4v) is 3.10. The molecular formula is C16H16O5P+. The van der Waals surface area contributed by atoms with E-state index in [0.717, 1.165) is 0 Å². The Labute approximate surface area is 129 Å². The first-order valence-corrected chi connectivity index (χ1v) is 7.75.